The van der Waals surface area contributed by atoms with Crippen molar-refractivity contribution < 1.29 is 9.84 Å². The van der Waals surface area contributed by atoms with Crippen LogP contribution < -0.4 is 10.6 Å². The maximum Gasteiger partial charge on any atom is 0.190 e. The maximum absolute atomic E-state index is 9.36. The van der Waals surface area contributed by atoms with E-state index in [2.05, 4.69) is 46.0 Å². The second-order valence-electron chi connectivity index (χ2n) is 7.75. The van der Waals surface area contributed by atoms with Crippen LogP contribution in [0.3, 0.4) is 0 Å². The molecule has 1 aliphatic heterocycles. The summed E-state index contributed by atoms with van der Waals surface area (Å²) in [6.07, 6.45) is 5.80. The second kappa shape index (κ2) is 10.4. The van der Waals surface area contributed by atoms with Crippen molar-refractivity contribution in [2.24, 2.45) is 10.4 Å². The van der Waals surface area contributed by atoms with Gasteiger partial charge < -0.3 is 20.5 Å². The van der Waals surface area contributed by atoms with Crippen LogP contribution in [-0.4, -0.2) is 60.8 Å². The average Bonchev–Trinajstić information content (AvgIpc) is 3.35. The molecular weight excluding hydrogens is 366 g/mol. The van der Waals surface area contributed by atoms with Crippen molar-refractivity contribution in [1.82, 2.24) is 20.4 Å². The molecule has 7 heteroatoms. The van der Waals surface area contributed by atoms with Crippen molar-refractivity contribution in [3.05, 3.63) is 47.8 Å². The van der Waals surface area contributed by atoms with Crippen molar-refractivity contribution in [1.29, 1.82) is 0 Å². The second-order valence-corrected chi connectivity index (χ2v) is 7.75. The molecule has 0 radical (unpaired) electrons. The number of aliphatic hydroxyl groups excluding tert-OH is 1. The van der Waals surface area contributed by atoms with Crippen LogP contribution in [0.25, 0.3) is 5.69 Å². The van der Waals surface area contributed by atoms with Crippen LogP contribution in [0.4, 0.5) is 0 Å². The van der Waals surface area contributed by atoms with Gasteiger partial charge in [0.1, 0.15) is 0 Å². The molecule has 0 aliphatic carbocycles. The Kier molecular flexibility index (Phi) is 7.66. The number of nitrogens with one attached hydrogen (secondary N) is 2. The number of hydrogen-bond donors (Lipinski definition) is 3. The molecule has 1 aliphatic rings. The fourth-order valence-electron chi connectivity index (χ4n) is 3.74. The van der Waals surface area contributed by atoms with Gasteiger partial charge in [-0.3, -0.25) is 4.99 Å². The molecule has 1 atom stereocenters. The number of aryl methyl sites for hydroxylation is 2. The van der Waals surface area contributed by atoms with Crippen LogP contribution in [0.15, 0.2) is 41.5 Å². The van der Waals surface area contributed by atoms with Gasteiger partial charge >= 0.3 is 0 Å². The number of hydrogen-bond acceptors (Lipinski definition) is 4. The third-order valence-corrected chi connectivity index (χ3v) is 5.62. The minimum atomic E-state index is 0.00943. The summed E-state index contributed by atoms with van der Waals surface area (Å²) in [6.45, 7) is 5.31. The molecule has 0 spiro atoms. The summed E-state index contributed by atoms with van der Waals surface area (Å²) in [5.41, 5.74) is 3.43. The van der Waals surface area contributed by atoms with Crippen LogP contribution in [0.1, 0.15) is 30.5 Å². The maximum atomic E-state index is 9.36. The standard InChI is InChI=1S/C22H33N5O2/c1-18-19(15-27(26-18)20-8-4-3-5-9-20)7-6-12-24-21(23-2)25-16-22(10-13-28)11-14-29-17-22/h3-5,8-9,15,28H,6-7,10-14,16-17H2,1-2H3,(H2,23,24,25). The van der Waals surface area contributed by atoms with Crippen LogP contribution in [0, 0.1) is 12.3 Å². The van der Waals surface area contributed by atoms with Crippen molar-refractivity contribution in [3.8, 4) is 5.69 Å². The number of aromatic nitrogens is 2. The van der Waals surface area contributed by atoms with Crippen LogP contribution in [0.2, 0.25) is 0 Å². The fraction of sp³-hybridized carbons (Fsp3) is 0.545. The third kappa shape index (κ3) is 5.81. The number of rotatable bonds is 9. The molecule has 0 bridgehead atoms. The highest BCUT2D eigenvalue weighted by molar-refractivity contribution is 5.79. The quantitative estimate of drug-likeness (QED) is 0.342. The lowest BCUT2D eigenvalue weighted by atomic mass is 9.84. The van der Waals surface area contributed by atoms with Gasteiger partial charge in [0.05, 0.1) is 18.0 Å². The summed E-state index contributed by atoms with van der Waals surface area (Å²) in [4.78, 5) is 4.32. The van der Waals surface area contributed by atoms with Crippen molar-refractivity contribution >= 4 is 5.96 Å². The van der Waals surface area contributed by atoms with E-state index in [0.717, 1.165) is 62.7 Å². The van der Waals surface area contributed by atoms with E-state index in [0.29, 0.717) is 6.61 Å². The minimum absolute atomic E-state index is 0.00943. The van der Waals surface area contributed by atoms with Gasteiger partial charge in [-0.05, 0) is 50.3 Å². The monoisotopic (exact) mass is 399 g/mol. The highest BCUT2D eigenvalue weighted by Crippen LogP contribution is 2.31. The number of ether oxygens (including phenoxy) is 1. The molecule has 1 unspecified atom stereocenters. The molecule has 3 N–H and O–H groups in total. The molecular formula is C22H33N5O2. The Balaban J connectivity index is 1.44. The van der Waals surface area contributed by atoms with Crippen molar-refractivity contribution in [3.63, 3.8) is 0 Å². The van der Waals surface area contributed by atoms with Gasteiger partial charge in [-0.2, -0.15) is 5.10 Å². The van der Waals surface area contributed by atoms with Gasteiger partial charge in [-0.15, -0.1) is 0 Å². The Labute approximate surface area is 173 Å². The molecule has 2 heterocycles. The summed E-state index contributed by atoms with van der Waals surface area (Å²) in [5.74, 6) is 0.797. The van der Waals surface area contributed by atoms with Gasteiger partial charge in [-0.25, -0.2) is 4.68 Å². The number of nitrogens with zero attached hydrogens (tertiary/aromatic N) is 3. The molecule has 0 amide bonds. The molecule has 29 heavy (non-hydrogen) atoms. The van der Waals surface area contributed by atoms with E-state index in [4.69, 9.17) is 4.74 Å². The van der Waals surface area contributed by atoms with Gasteiger partial charge in [-0.1, -0.05) is 18.2 Å². The van der Waals surface area contributed by atoms with Crippen LogP contribution >= 0.6 is 0 Å². The van der Waals surface area contributed by atoms with E-state index >= 15 is 0 Å². The molecule has 1 aromatic carbocycles. The number of aliphatic imine (C=N–C) groups is 1. The number of benzene rings is 1. The number of para-hydroxylation sites is 1. The van der Waals surface area contributed by atoms with E-state index in [1.165, 1.54) is 5.56 Å². The first kappa shape index (κ1) is 21.3. The summed E-state index contributed by atoms with van der Waals surface area (Å²) in [5, 5.41) is 20.8. The Hall–Kier alpha value is -2.38. The summed E-state index contributed by atoms with van der Waals surface area (Å²) < 4.78 is 7.50. The molecule has 158 valence electrons. The zero-order valence-corrected chi connectivity index (χ0v) is 17.5. The average molecular weight is 400 g/mol. The smallest absolute Gasteiger partial charge is 0.190 e. The van der Waals surface area contributed by atoms with Crippen molar-refractivity contribution in [2.75, 3.05) is 40.0 Å². The molecule has 0 saturated carbocycles. The van der Waals surface area contributed by atoms with Gasteiger partial charge in [0.25, 0.3) is 0 Å². The lowest BCUT2D eigenvalue weighted by Crippen LogP contribution is -2.44. The molecule has 1 saturated heterocycles. The zero-order valence-electron chi connectivity index (χ0n) is 17.5. The highest BCUT2D eigenvalue weighted by Gasteiger charge is 2.34. The van der Waals surface area contributed by atoms with Crippen LogP contribution in [-0.2, 0) is 11.2 Å². The van der Waals surface area contributed by atoms with E-state index < -0.39 is 0 Å². The normalized spacial score (nSPS) is 19.5. The molecule has 7 nitrogen and oxygen atoms in total. The summed E-state index contributed by atoms with van der Waals surface area (Å²) >= 11 is 0. The van der Waals surface area contributed by atoms with Gasteiger partial charge in [0.15, 0.2) is 5.96 Å². The lowest BCUT2D eigenvalue weighted by molar-refractivity contribution is 0.127. The lowest BCUT2D eigenvalue weighted by Gasteiger charge is -2.27. The Bertz CT molecular complexity index is 782. The summed E-state index contributed by atoms with van der Waals surface area (Å²) in [6, 6.07) is 10.2. The third-order valence-electron chi connectivity index (χ3n) is 5.62. The first-order valence-electron chi connectivity index (χ1n) is 10.4. The van der Waals surface area contributed by atoms with Crippen LogP contribution in [0.5, 0.6) is 0 Å². The van der Waals surface area contributed by atoms with Gasteiger partial charge in [0, 0.05) is 45.0 Å². The Morgan fingerprint density at radius 2 is 2.14 bits per heavy atom. The van der Waals surface area contributed by atoms with E-state index in [1.807, 2.05) is 22.9 Å². The SMILES string of the molecule is CN=C(NCCCc1cn(-c2ccccc2)nc1C)NCC1(CCO)CCOC1. The largest absolute Gasteiger partial charge is 0.396 e. The minimum Gasteiger partial charge on any atom is -0.396 e. The van der Waals surface area contributed by atoms with E-state index in [9.17, 15) is 5.11 Å². The molecule has 2 aromatic rings. The fourth-order valence-corrected chi connectivity index (χ4v) is 3.74. The van der Waals surface area contributed by atoms with E-state index in [-0.39, 0.29) is 12.0 Å². The highest BCUT2D eigenvalue weighted by atomic mass is 16.5. The molecule has 1 aromatic heterocycles. The molecule has 3 rings (SSSR count). The summed E-state index contributed by atoms with van der Waals surface area (Å²) in [7, 11) is 1.78. The Morgan fingerprint density at radius 3 is 2.83 bits per heavy atom. The van der Waals surface area contributed by atoms with Gasteiger partial charge in [0.2, 0.25) is 0 Å². The first-order chi connectivity index (χ1) is 14.2. The number of aliphatic hydroxyl groups is 1. The predicted molar refractivity (Wildman–Crippen MR) is 116 cm³/mol. The number of guanidine groups is 1. The topological polar surface area (TPSA) is 83.7 Å². The Morgan fingerprint density at radius 1 is 1.31 bits per heavy atom. The molecule has 1 fully saturated rings. The first-order valence-corrected chi connectivity index (χ1v) is 10.4. The predicted octanol–water partition coefficient (Wildman–Crippen LogP) is 2.07. The zero-order chi connectivity index (χ0) is 20.5. The van der Waals surface area contributed by atoms with E-state index in [1.54, 1.807) is 7.05 Å². The van der Waals surface area contributed by atoms with Crippen molar-refractivity contribution in [2.45, 2.75) is 32.6 Å².